The molecule has 4 aliphatic rings. The molecule has 1 aromatic carbocycles. The Morgan fingerprint density at radius 2 is 1.86 bits per heavy atom. The van der Waals surface area contributed by atoms with Crippen molar-refractivity contribution < 1.29 is 30.0 Å². The van der Waals surface area contributed by atoms with Gasteiger partial charge in [-0.05, 0) is 74.8 Å². The van der Waals surface area contributed by atoms with Crippen LogP contribution in [0.4, 0.5) is 0 Å². The number of carbonyl (C=O) groups is 1. The second-order valence-electron chi connectivity index (χ2n) is 12.2. The van der Waals surface area contributed by atoms with Crippen molar-refractivity contribution in [3.8, 4) is 0 Å². The van der Waals surface area contributed by atoms with Gasteiger partial charge in [0.1, 0.15) is 17.3 Å². The van der Waals surface area contributed by atoms with Crippen molar-refractivity contribution in [2.24, 2.45) is 22.7 Å². The zero-order valence-corrected chi connectivity index (χ0v) is 21.6. The lowest BCUT2D eigenvalue weighted by atomic mass is 9.42. The van der Waals surface area contributed by atoms with E-state index >= 15 is 0 Å². The molecular formula is C30H40O6. The van der Waals surface area contributed by atoms with Gasteiger partial charge in [-0.2, -0.15) is 0 Å². The molecule has 0 heterocycles. The highest BCUT2D eigenvalue weighted by molar-refractivity contribution is 5.87. The number of aliphatic hydroxyl groups excluding tert-OH is 2. The van der Waals surface area contributed by atoms with Crippen LogP contribution in [-0.2, 0) is 9.53 Å². The number of esters is 1. The Morgan fingerprint density at radius 3 is 2.56 bits per heavy atom. The van der Waals surface area contributed by atoms with Crippen LogP contribution >= 0.6 is 0 Å². The monoisotopic (exact) mass is 496 g/mol. The molecule has 0 amide bonds. The average Bonchev–Trinajstić information content (AvgIpc) is 3.14. The molecule has 0 radical (unpaired) electrons. The van der Waals surface area contributed by atoms with E-state index in [9.17, 15) is 25.2 Å². The maximum absolute atomic E-state index is 13.1. The maximum atomic E-state index is 13.1. The Bertz CT molecular complexity index is 1060. The van der Waals surface area contributed by atoms with Crippen molar-refractivity contribution in [1.29, 1.82) is 0 Å². The van der Waals surface area contributed by atoms with Crippen LogP contribution in [0, 0.1) is 22.7 Å². The fourth-order valence-electron chi connectivity index (χ4n) is 8.50. The third kappa shape index (κ3) is 3.56. The number of hydrogen-bond donors (Lipinski definition) is 4. The molecule has 196 valence electrons. The number of carbonyl (C=O) groups excluding carboxylic acids is 1. The SMILES string of the molecule is CC(O)C1CCC2(O)C3(O)CC=C4CC(O)CCC4(C)C3CC(OC(=O)C=Cc3ccccc3)C12C. The molecule has 36 heavy (non-hydrogen) atoms. The molecular weight excluding hydrogens is 456 g/mol. The standard InChI is InChI=1S/C30H40O6/c1-19(31)23-13-16-30(35)28(23,3)25(36-26(33)10-9-20-7-5-4-6-8-20)18-24-27(2)14-12-22(32)17-21(27)11-15-29(24,30)34/h4-11,19,22-25,31-32,34-35H,12-18H2,1-3H3. The first-order valence-electron chi connectivity index (χ1n) is 13.4. The molecule has 6 nitrogen and oxygen atoms in total. The fraction of sp³-hybridized carbons (Fsp3) is 0.633. The third-order valence-electron chi connectivity index (χ3n) is 10.6. The van der Waals surface area contributed by atoms with Gasteiger partial charge in [0.15, 0.2) is 0 Å². The number of fused-ring (bicyclic) bond motifs is 5. The highest BCUT2D eigenvalue weighted by atomic mass is 16.5. The molecule has 0 aliphatic heterocycles. The zero-order valence-electron chi connectivity index (χ0n) is 21.6. The van der Waals surface area contributed by atoms with E-state index in [1.54, 1.807) is 13.0 Å². The summed E-state index contributed by atoms with van der Waals surface area (Å²) in [6, 6.07) is 9.51. The van der Waals surface area contributed by atoms with Gasteiger partial charge < -0.3 is 25.2 Å². The van der Waals surface area contributed by atoms with Crippen molar-refractivity contribution in [2.75, 3.05) is 0 Å². The molecule has 1 aromatic rings. The van der Waals surface area contributed by atoms with Gasteiger partial charge in [-0.3, -0.25) is 0 Å². The van der Waals surface area contributed by atoms with Crippen LogP contribution < -0.4 is 0 Å². The number of hydrogen-bond acceptors (Lipinski definition) is 6. The largest absolute Gasteiger partial charge is 0.458 e. The van der Waals surface area contributed by atoms with Crippen LogP contribution in [0.1, 0.15) is 71.3 Å². The third-order valence-corrected chi connectivity index (χ3v) is 10.6. The Balaban J connectivity index is 1.54. The molecule has 0 bridgehead atoms. The minimum atomic E-state index is -1.53. The number of benzene rings is 1. The lowest BCUT2D eigenvalue weighted by molar-refractivity contribution is -0.304. The van der Waals surface area contributed by atoms with Crippen LogP contribution in [0.3, 0.4) is 0 Å². The molecule has 0 saturated heterocycles. The minimum absolute atomic E-state index is 0.294. The van der Waals surface area contributed by atoms with Crippen LogP contribution in [0.5, 0.6) is 0 Å². The second kappa shape index (κ2) is 8.80. The van der Waals surface area contributed by atoms with Crippen LogP contribution in [0.25, 0.3) is 6.08 Å². The van der Waals surface area contributed by atoms with Crippen molar-refractivity contribution >= 4 is 12.0 Å². The van der Waals surface area contributed by atoms with E-state index in [0.717, 1.165) is 11.1 Å². The van der Waals surface area contributed by atoms with Gasteiger partial charge in [0.05, 0.1) is 12.2 Å². The molecule has 3 fully saturated rings. The summed E-state index contributed by atoms with van der Waals surface area (Å²) in [5, 5.41) is 45.9. The summed E-state index contributed by atoms with van der Waals surface area (Å²) in [4.78, 5) is 13.1. The summed E-state index contributed by atoms with van der Waals surface area (Å²) >= 11 is 0. The lowest BCUT2D eigenvalue weighted by Crippen LogP contribution is -2.75. The smallest absolute Gasteiger partial charge is 0.331 e. The Labute approximate surface area is 213 Å². The van der Waals surface area contributed by atoms with Crippen molar-refractivity contribution in [1.82, 2.24) is 0 Å². The van der Waals surface area contributed by atoms with E-state index < -0.39 is 46.3 Å². The van der Waals surface area contributed by atoms with Crippen molar-refractivity contribution in [3.63, 3.8) is 0 Å². The van der Waals surface area contributed by atoms with E-state index in [-0.39, 0.29) is 11.8 Å². The van der Waals surface area contributed by atoms with Gasteiger partial charge in [0, 0.05) is 17.4 Å². The molecule has 5 rings (SSSR count). The highest BCUT2D eigenvalue weighted by Gasteiger charge is 2.77. The predicted molar refractivity (Wildman–Crippen MR) is 137 cm³/mol. The molecule has 9 unspecified atom stereocenters. The lowest BCUT2D eigenvalue weighted by Gasteiger charge is -2.66. The molecule has 0 spiro atoms. The van der Waals surface area contributed by atoms with Gasteiger partial charge in [-0.25, -0.2) is 4.79 Å². The van der Waals surface area contributed by atoms with Crippen molar-refractivity contribution in [2.45, 2.75) is 95.2 Å². The predicted octanol–water partition coefficient (Wildman–Crippen LogP) is 3.77. The van der Waals surface area contributed by atoms with Crippen LogP contribution in [0.2, 0.25) is 0 Å². The van der Waals surface area contributed by atoms with Crippen LogP contribution in [-0.4, -0.2) is 55.9 Å². The summed E-state index contributed by atoms with van der Waals surface area (Å²) in [6.45, 7) is 5.73. The van der Waals surface area contributed by atoms with Gasteiger partial charge >= 0.3 is 5.97 Å². The normalized spacial score (nSPS) is 44.8. The second-order valence-corrected chi connectivity index (χ2v) is 12.2. The summed E-state index contributed by atoms with van der Waals surface area (Å²) in [6.07, 6.45) is 6.84. The first-order chi connectivity index (χ1) is 17.0. The van der Waals surface area contributed by atoms with Crippen molar-refractivity contribution in [3.05, 3.63) is 53.6 Å². The van der Waals surface area contributed by atoms with E-state index in [2.05, 4.69) is 6.92 Å². The van der Waals surface area contributed by atoms with Gasteiger partial charge in [0.2, 0.25) is 0 Å². The molecule has 0 aromatic heterocycles. The summed E-state index contributed by atoms with van der Waals surface area (Å²) in [5.41, 5.74) is -2.35. The molecule has 6 heteroatoms. The summed E-state index contributed by atoms with van der Waals surface area (Å²) in [5.74, 6) is -1.15. The van der Waals surface area contributed by atoms with E-state index in [1.807, 2.05) is 43.3 Å². The Hall–Kier alpha value is -1.99. The number of aliphatic hydroxyl groups is 4. The zero-order chi connectivity index (χ0) is 25.9. The first-order valence-corrected chi connectivity index (χ1v) is 13.4. The summed E-state index contributed by atoms with van der Waals surface area (Å²) in [7, 11) is 0. The maximum Gasteiger partial charge on any atom is 0.331 e. The Kier molecular flexibility index (Phi) is 6.27. The summed E-state index contributed by atoms with van der Waals surface area (Å²) < 4.78 is 6.14. The van der Waals surface area contributed by atoms with E-state index in [0.29, 0.717) is 44.9 Å². The quantitative estimate of drug-likeness (QED) is 0.287. The van der Waals surface area contributed by atoms with Gasteiger partial charge in [-0.1, -0.05) is 55.8 Å². The average molecular weight is 497 g/mol. The van der Waals surface area contributed by atoms with E-state index in [1.165, 1.54) is 6.08 Å². The molecule has 4 N–H and O–H groups in total. The highest BCUT2D eigenvalue weighted by Crippen LogP contribution is 2.70. The number of ether oxygens (including phenoxy) is 1. The fourth-order valence-corrected chi connectivity index (χ4v) is 8.50. The van der Waals surface area contributed by atoms with Gasteiger partial charge in [0.25, 0.3) is 0 Å². The molecule has 3 saturated carbocycles. The minimum Gasteiger partial charge on any atom is -0.458 e. The number of rotatable bonds is 4. The van der Waals surface area contributed by atoms with Gasteiger partial charge in [-0.15, -0.1) is 0 Å². The molecule has 4 aliphatic carbocycles. The molecule has 9 atom stereocenters. The topological polar surface area (TPSA) is 107 Å². The van der Waals surface area contributed by atoms with Crippen LogP contribution in [0.15, 0.2) is 48.1 Å². The Morgan fingerprint density at radius 1 is 1.14 bits per heavy atom. The first kappa shape index (κ1) is 25.7. The van der Waals surface area contributed by atoms with E-state index in [4.69, 9.17) is 4.74 Å².